The number of hydrogen-bond donors (Lipinski definition) is 2. The number of rotatable bonds is 6. The summed E-state index contributed by atoms with van der Waals surface area (Å²) < 4.78 is 23.7. The molecule has 2 N–H and O–H groups in total. The molecule has 3 aliphatic rings. The largest absolute Gasteiger partial charge is 0.484 e. The maximum Gasteiger partial charge on any atom is 0.273 e. The van der Waals surface area contributed by atoms with Crippen LogP contribution in [0.25, 0.3) is 0 Å². The van der Waals surface area contributed by atoms with E-state index in [1.54, 1.807) is 6.92 Å². The second-order valence-electron chi connectivity index (χ2n) is 7.22. The average molecular weight is 394 g/mol. The van der Waals surface area contributed by atoms with E-state index in [1.807, 2.05) is 0 Å². The predicted molar refractivity (Wildman–Crippen MR) is 93.1 cm³/mol. The molecule has 0 unspecified atom stereocenters. The number of nitrogens with zero attached hydrogens (tertiary/aromatic N) is 1. The Hall–Kier alpha value is -2.61. The molecule has 1 heterocycles. The molecular weight excluding hydrogens is 377 g/mol. The van der Waals surface area contributed by atoms with Gasteiger partial charge < -0.3 is 19.8 Å². The molecule has 0 spiro atoms. The number of nitrogens with one attached hydrogen (secondary N) is 2. The van der Waals surface area contributed by atoms with Gasteiger partial charge in [0, 0.05) is 17.1 Å². The van der Waals surface area contributed by atoms with Crippen molar-refractivity contribution in [3.8, 4) is 5.75 Å². The highest BCUT2D eigenvalue weighted by Crippen LogP contribution is 2.60. The fraction of sp³-hybridized carbons (Fsp3) is 0.389. The number of oxazole rings is 1. The van der Waals surface area contributed by atoms with Crippen molar-refractivity contribution in [3.63, 3.8) is 0 Å². The van der Waals surface area contributed by atoms with Gasteiger partial charge in [-0.3, -0.25) is 9.59 Å². The topological polar surface area (TPSA) is 93.5 Å². The Bertz CT molecular complexity index is 909. The summed E-state index contributed by atoms with van der Waals surface area (Å²) in [7, 11) is 0. The first-order valence-corrected chi connectivity index (χ1v) is 8.79. The van der Waals surface area contributed by atoms with Crippen LogP contribution in [0.3, 0.4) is 0 Å². The van der Waals surface area contributed by atoms with Crippen LogP contribution in [0.5, 0.6) is 5.75 Å². The van der Waals surface area contributed by atoms with Gasteiger partial charge in [0.05, 0.1) is 5.02 Å². The lowest BCUT2D eigenvalue weighted by molar-refractivity contribution is -0.141. The van der Waals surface area contributed by atoms with Gasteiger partial charge in [-0.1, -0.05) is 11.6 Å². The Balaban J connectivity index is 1.24. The van der Waals surface area contributed by atoms with Crippen molar-refractivity contribution in [3.05, 3.63) is 46.9 Å². The van der Waals surface area contributed by atoms with Crippen LogP contribution in [0.4, 0.5) is 4.39 Å². The van der Waals surface area contributed by atoms with Gasteiger partial charge in [-0.2, -0.15) is 0 Å². The van der Waals surface area contributed by atoms with Crippen LogP contribution in [-0.2, 0) is 4.79 Å². The summed E-state index contributed by atoms with van der Waals surface area (Å²) in [5, 5.41) is 5.90. The highest BCUT2D eigenvalue weighted by molar-refractivity contribution is 6.30. The number of ether oxygens (including phenoxy) is 1. The van der Waals surface area contributed by atoms with E-state index >= 15 is 0 Å². The third kappa shape index (κ3) is 3.25. The Morgan fingerprint density at radius 1 is 1.30 bits per heavy atom. The number of carbonyl (C=O) groups excluding carboxylic acids is 2. The number of benzene rings is 1. The van der Waals surface area contributed by atoms with Gasteiger partial charge in [0.2, 0.25) is 0 Å². The number of amides is 2. The molecule has 3 saturated carbocycles. The number of halogens is 2. The zero-order chi connectivity index (χ0) is 19.2. The summed E-state index contributed by atoms with van der Waals surface area (Å²) in [5.41, 5.74) is -0.324. The van der Waals surface area contributed by atoms with Gasteiger partial charge in [0.25, 0.3) is 11.8 Å². The van der Waals surface area contributed by atoms with Crippen molar-refractivity contribution < 1.29 is 23.1 Å². The molecule has 0 radical (unpaired) electrons. The number of aryl methyl sites for hydroxylation is 1. The normalized spacial score (nSPS) is 25.1. The molecule has 3 fully saturated rings. The van der Waals surface area contributed by atoms with E-state index in [9.17, 15) is 14.0 Å². The van der Waals surface area contributed by atoms with Crippen molar-refractivity contribution in [2.24, 2.45) is 0 Å². The fourth-order valence-corrected chi connectivity index (χ4v) is 4.04. The van der Waals surface area contributed by atoms with Crippen LogP contribution in [0.1, 0.15) is 35.5 Å². The Labute approximate surface area is 159 Å². The van der Waals surface area contributed by atoms with Crippen LogP contribution in [0, 0.1) is 12.7 Å². The minimum atomic E-state index is -0.603. The fourth-order valence-electron chi connectivity index (χ4n) is 3.92. The number of hydrogen-bond acceptors (Lipinski definition) is 5. The Morgan fingerprint density at radius 3 is 2.63 bits per heavy atom. The minimum Gasteiger partial charge on any atom is -0.484 e. The first kappa shape index (κ1) is 17.8. The third-order valence-electron chi connectivity index (χ3n) is 5.03. The van der Waals surface area contributed by atoms with E-state index in [2.05, 4.69) is 15.6 Å². The summed E-state index contributed by atoms with van der Waals surface area (Å²) >= 11 is 5.60. The Kier molecular flexibility index (Phi) is 4.10. The molecule has 9 heteroatoms. The summed E-state index contributed by atoms with van der Waals surface area (Å²) in [6, 6.07) is 4.00. The van der Waals surface area contributed by atoms with E-state index < -0.39 is 5.82 Å². The van der Waals surface area contributed by atoms with Gasteiger partial charge in [-0.25, -0.2) is 9.37 Å². The minimum absolute atomic E-state index is 0.00572. The van der Waals surface area contributed by atoms with Gasteiger partial charge in [0.15, 0.2) is 18.7 Å². The molecule has 2 amide bonds. The SMILES string of the molecule is Cc1ocnc1C(=O)NC12CC(NC(=O)COc3ccc(Cl)c(F)c3)(C1)C2. The lowest BCUT2D eigenvalue weighted by Crippen LogP contribution is -2.84. The maximum absolute atomic E-state index is 13.4. The predicted octanol–water partition coefficient (Wildman–Crippen LogP) is 2.38. The summed E-state index contributed by atoms with van der Waals surface area (Å²) in [6.45, 7) is 1.46. The van der Waals surface area contributed by atoms with Crippen molar-refractivity contribution in [1.29, 1.82) is 0 Å². The maximum atomic E-state index is 13.4. The van der Waals surface area contributed by atoms with Gasteiger partial charge in [0.1, 0.15) is 17.3 Å². The summed E-state index contributed by atoms with van der Waals surface area (Å²) in [5.74, 6) is -0.463. The first-order chi connectivity index (χ1) is 12.8. The molecule has 2 aromatic rings. The molecule has 0 saturated heterocycles. The van der Waals surface area contributed by atoms with E-state index in [0.29, 0.717) is 25.0 Å². The number of aromatic nitrogens is 1. The summed E-state index contributed by atoms with van der Waals surface area (Å²) in [6.07, 6.45) is 3.21. The molecule has 2 bridgehead atoms. The smallest absolute Gasteiger partial charge is 0.273 e. The van der Waals surface area contributed by atoms with Crippen molar-refractivity contribution >= 4 is 23.4 Å². The molecule has 1 aromatic heterocycles. The molecule has 142 valence electrons. The monoisotopic (exact) mass is 393 g/mol. The lowest BCUT2D eigenvalue weighted by Gasteiger charge is -2.70. The second-order valence-corrected chi connectivity index (χ2v) is 7.62. The van der Waals surface area contributed by atoms with E-state index in [1.165, 1.54) is 18.5 Å². The van der Waals surface area contributed by atoms with E-state index in [0.717, 1.165) is 6.07 Å². The van der Waals surface area contributed by atoms with Crippen LogP contribution in [0.15, 0.2) is 29.0 Å². The molecule has 5 rings (SSSR count). The quantitative estimate of drug-likeness (QED) is 0.786. The van der Waals surface area contributed by atoms with Crippen molar-refractivity contribution in [1.82, 2.24) is 15.6 Å². The molecule has 0 atom stereocenters. The molecule has 7 nitrogen and oxygen atoms in total. The van der Waals surface area contributed by atoms with Crippen LogP contribution in [-0.4, -0.2) is 34.5 Å². The molecule has 3 aliphatic carbocycles. The Morgan fingerprint density at radius 2 is 2.00 bits per heavy atom. The lowest BCUT2D eigenvalue weighted by atomic mass is 9.44. The molecular formula is C18H17ClFN3O4. The molecule has 27 heavy (non-hydrogen) atoms. The second kappa shape index (κ2) is 6.23. The van der Waals surface area contributed by atoms with Gasteiger partial charge in [-0.15, -0.1) is 0 Å². The highest BCUT2D eigenvalue weighted by atomic mass is 35.5. The zero-order valence-electron chi connectivity index (χ0n) is 14.5. The number of carbonyl (C=O) groups is 2. The highest BCUT2D eigenvalue weighted by Gasteiger charge is 2.69. The van der Waals surface area contributed by atoms with Crippen LogP contribution in [0.2, 0.25) is 5.02 Å². The van der Waals surface area contributed by atoms with Crippen LogP contribution >= 0.6 is 11.6 Å². The average Bonchev–Trinajstić information content (AvgIpc) is 2.99. The molecule has 0 aliphatic heterocycles. The van der Waals surface area contributed by atoms with Gasteiger partial charge in [-0.05, 0) is 38.3 Å². The van der Waals surface area contributed by atoms with Crippen LogP contribution < -0.4 is 15.4 Å². The zero-order valence-corrected chi connectivity index (χ0v) is 15.2. The molecule has 1 aromatic carbocycles. The van der Waals surface area contributed by atoms with Gasteiger partial charge >= 0.3 is 0 Å². The third-order valence-corrected chi connectivity index (χ3v) is 5.34. The van der Waals surface area contributed by atoms with E-state index in [-0.39, 0.29) is 46.0 Å². The first-order valence-electron chi connectivity index (χ1n) is 8.41. The standard InChI is InChI=1S/C18H17ClFN3O4/c1-10-15(21-9-27-10)16(25)23-18-6-17(7-18,8-18)22-14(24)5-26-11-2-3-12(19)13(20)4-11/h2-4,9H,5-8H2,1H3,(H,22,24)(H,23,25). The van der Waals surface area contributed by atoms with E-state index in [4.69, 9.17) is 20.8 Å². The summed E-state index contributed by atoms with van der Waals surface area (Å²) in [4.78, 5) is 28.2. The van der Waals surface area contributed by atoms with Crippen molar-refractivity contribution in [2.75, 3.05) is 6.61 Å². The van der Waals surface area contributed by atoms with Crippen molar-refractivity contribution in [2.45, 2.75) is 37.3 Å².